The Morgan fingerprint density at radius 2 is 2.04 bits per heavy atom. The number of hydrogen-bond donors (Lipinski definition) is 3. The van der Waals surface area contributed by atoms with Crippen molar-refractivity contribution < 1.29 is 9.90 Å². The van der Waals surface area contributed by atoms with Gasteiger partial charge in [0.2, 0.25) is 5.91 Å². The van der Waals surface area contributed by atoms with E-state index >= 15 is 0 Å². The normalized spacial score (nSPS) is 17.0. The number of benzene rings is 1. The smallest absolute Gasteiger partial charge is 0.220 e. The van der Waals surface area contributed by atoms with Crippen LogP contribution in [0.5, 0.6) is 0 Å². The van der Waals surface area contributed by atoms with Crippen molar-refractivity contribution in [2.24, 2.45) is 5.92 Å². The molecule has 0 spiro atoms. The van der Waals surface area contributed by atoms with Crippen LogP contribution in [-0.4, -0.2) is 28.6 Å². The van der Waals surface area contributed by atoms with E-state index in [4.69, 9.17) is 0 Å². The van der Waals surface area contributed by atoms with E-state index in [9.17, 15) is 9.90 Å². The van der Waals surface area contributed by atoms with Crippen LogP contribution in [0.25, 0.3) is 10.9 Å². The number of H-pyrrole nitrogens is 1. The van der Waals surface area contributed by atoms with Gasteiger partial charge < -0.3 is 15.4 Å². The molecule has 0 aliphatic heterocycles. The number of aromatic amines is 1. The number of carbonyl (C=O) groups excluding carboxylic acids is 1. The summed E-state index contributed by atoms with van der Waals surface area (Å²) in [6.45, 7) is 0.0370. The van der Waals surface area contributed by atoms with Crippen molar-refractivity contribution in [1.29, 1.82) is 0 Å². The Morgan fingerprint density at radius 3 is 2.83 bits per heavy atom. The molecule has 1 saturated carbocycles. The van der Waals surface area contributed by atoms with E-state index in [2.05, 4.69) is 16.4 Å². The number of aliphatic hydroxyl groups excluding tert-OH is 1. The van der Waals surface area contributed by atoms with Crippen molar-refractivity contribution in [2.45, 2.75) is 57.4 Å². The molecule has 1 heterocycles. The van der Waals surface area contributed by atoms with Gasteiger partial charge in [-0.15, -0.1) is 0 Å². The quantitative estimate of drug-likeness (QED) is 0.728. The minimum absolute atomic E-state index is 0.0370. The molecule has 1 unspecified atom stereocenters. The Morgan fingerprint density at radius 1 is 1.25 bits per heavy atom. The molecule has 1 amide bonds. The molecule has 1 atom stereocenters. The first-order chi connectivity index (χ1) is 11.8. The zero-order chi connectivity index (χ0) is 16.8. The molecule has 0 bridgehead atoms. The third-order valence-electron chi connectivity index (χ3n) is 5.22. The molecule has 24 heavy (non-hydrogen) atoms. The van der Waals surface area contributed by atoms with Crippen LogP contribution in [0.1, 0.15) is 50.5 Å². The zero-order valence-electron chi connectivity index (χ0n) is 14.3. The Hall–Kier alpha value is -1.81. The summed E-state index contributed by atoms with van der Waals surface area (Å²) in [5.74, 6) is 0.694. The summed E-state index contributed by atoms with van der Waals surface area (Å²) in [6.07, 6.45) is 10.5. The molecule has 130 valence electrons. The fourth-order valence-corrected chi connectivity index (χ4v) is 3.89. The van der Waals surface area contributed by atoms with Crippen LogP contribution in [0.4, 0.5) is 0 Å². The van der Waals surface area contributed by atoms with E-state index in [-0.39, 0.29) is 18.6 Å². The van der Waals surface area contributed by atoms with Gasteiger partial charge >= 0.3 is 0 Å². The van der Waals surface area contributed by atoms with Crippen molar-refractivity contribution >= 4 is 16.8 Å². The molecule has 0 radical (unpaired) electrons. The summed E-state index contributed by atoms with van der Waals surface area (Å²) in [4.78, 5) is 15.5. The van der Waals surface area contributed by atoms with Crippen molar-refractivity contribution in [3.05, 3.63) is 36.0 Å². The summed E-state index contributed by atoms with van der Waals surface area (Å²) < 4.78 is 0. The first-order valence-corrected chi connectivity index (χ1v) is 9.21. The molecular weight excluding hydrogens is 300 g/mol. The van der Waals surface area contributed by atoms with Crippen LogP contribution in [0, 0.1) is 5.92 Å². The molecule has 3 N–H and O–H groups in total. The summed E-state index contributed by atoms with van der Waals surface area (Å²) in [7, 11) is 0. The van der Waals surface area contributed by atoms with Gasteiger partial charge in [-0.2, -0.15) is 0 Å². The molecule has 3 rings (SSSR count). The van der Waals surface area contributed by atoms with Crippen LogP contribution in [-0.2, 0) is 11.2 Å². The topological polar surface area (TPSA) is 65.1 Å². The molecule has 1 aliphatic carbocycles. The van der Waals surface area contributed by atoms with Crippen LogP contribution in [0.2, 0.25) is 0 Å². The molecule has 2 aromatic rings. The van der Waals surface area contributed by atoms with Gasteiger partial charge in [0.1, 0.15) is 0 Å². The first kappa shape index (κ1) is 17.0. The van der Waals surface area contributed by atoms with Gasteiger partial charge in [0.25, 0.3) is 0 Å². The fraction of sp³-hybridized carbons (Fsp3) is 0.550. The molecule has 0 saturated heterocycles. The Kier molecular flexibility index (Phi) is 5.91. The predicted octanol–water partition coefficient (Wildman–Crippen LogP) is 3.55. The molecule has 4 heteroatoms. The predicted molar refractivity (Wildman–Crippen MR) is 96.8 cm³/mol. The van der Waals surface area contributed by atoms with Crippen LogP contribution in [0.15, 0.2) is 30.5 Å². The highest BCUT2D eigenvalue weighted by Crippen LogP contribution is 2.27. The van der Waals surface area contributed by atoms with E-state index < -0.39 is 0 Å². The van der Waals surface area contributed by atoms with Gasteiger partial charge in [0, 0.05) is 23.5 Å². The first-order valence-electron chi connectivity index (χ1n) is 9.21. The monoisotopic (exact) mass is 328 g/mol. The summed E-state index contributed by atoms with van der Waals surface area (Å²) in [5, 5.41) is 13.8. The number of carbonyl (C=O) groups is 1. The van der Waals surface area contributed by atoms with Gasteiger partial charge in [-0.1, -0.05) is 50.3 Å². The van der Waals surface area contributed by atoms with E-state index in [0.29, 0.717) is 12.3 Å². The highest BCUT2D eigenvalue weighted by molar-refractivity contribution is 5.84. The van der Waals surface area contributed by atoms with Gasteiger partial charge in [0.05, 0.1) is 12.6 Å². The lowest BCUT2D eigenvalue weighted by Crippen LogP contribution is -2.39. The largest absolute Gasteiger partial charge is 0.394 e. The molecular formula is C20H28N2O2. The third kappa shape index (κ3) is 4.38. The second-order valence-electron chi connectivity index (χ2n) is 7.05. The lowest BCUT2D eigenvalue weighted by Gasteiger charge is -2.26. The summed E-state index contributed by atoms with van der Waals surface area (Å²) in [6, 6.07) is 8.06. The number of aryl methyl sites for hydroxylation is 1. The highest BCUT2D eigenvalue weighted by Gasteiger charge is 2.20. The minimum atomic E-state index is -0.0939. The van der Waals surface area contributed by atoms with Gasteiger partial charge in [-0.25, -0.2) is 0 Å². The molecule has 1 fully saturated rings. The highest BCUT2D eigenvalue weighted by atomic mass is 16.3. The van der Waals surface area contributed by atoms with Gasteiger partial charge in [-0.05, 0) is 30.4 Å². The number of amides is 1. The minimum Gasteiger partial charge on any atom is -0.394 e. The number of hydrogen-bond acceptors (Lipinski definition) is 2. The molecule has 1 aliphatic rings. The van der Waals surface area contributed by atoms with E-state index in [1.807, 2.05) is 24.4 Å². The summed E-state index contributed by atoms with van der Waals surface area (Å²) >= 11 is 0. The molecule has 1 aromatic carbocycles. The number of aliphatic hydroxyl groups is 1. The standard InChI is InChI=1S/C20H28N2O2/c23-14-17(12-15-6-2-1-3-7-15)22-20(24)11-10-16-13-21-19-9-5-4-8-18(16)19/h4-5,8-9,13,15,17,21,23H,1-3,6-7,10-12,14H2,(H,22,24). The second kappa shape index (κ2) is 8.34. The Labute approximate surface area is 143 Å². The third-order valence-corrected chi connectivity index (χ3v) is 5.22. The number of aromatic nitrogens is 1. The fourth-order valence-electron chi connectivity index (χ4n) is 3.89. The molecule has 4 nitrogen and oxygen atoms in total. The Balaban J connectivity index is 1.48. The Bertz CT molecular complexity index is 658. The average Bonchev–Trinajstić information content (AvgIpc) is 3.03. The van der Waals surface area contributed by atoms with Gasteiger partial charge in [-0.3, -0.25) is 4.79 Å². The van der Waals surface area contributed by atoms with Crippen molar-refractivity contribution in [3.63, 3.8) is 0 Å². The number of para-hydroxylation sites is 1. The van der Waals surface area contributed by atoms with E-state index in [1.165, 1.54) is 43.1 Å². The van der Waals surface area contributed by atoms with Crippen molar-refractivity contribution in [2.75, 3.05) is 6.61 Å². The maximum atomic E-state index is 12.3. The van der Waals surface area contributed by atoms with E-state index in [1.54, 1.807) is 0 Å². The maximum absolute atomic E-state index is 12.3. The van der Waals surface area contributed by atoms with Crippen LogP contribution in [0.3, 0.4) is 0 Å². The average molecular weight is 328 g/mol. The lowest BCUT2D eigenvalue weighted by molar-refractivity contribution is -0.122. The second-order valence-corrected chi connectivity index (χ2v) is 7.05. The van der Waals surface area contributed by atoms with Gasteiger partial charge in [0.15, 0.2) is 0 Å². The molecule has 1 aromatic heterocycles. The number of fused-ring (bicyclic) bond motifs is 1. The summed E-state index contributed by atoms with van der Waals surface area (Å²) in [5.41, 5.74) is 2.28. The lowest BCUT2D eigenvalue weighted by atomic mass is 9.85. The zero-order valence-corrected chi connectivity index (χ0v) is 14.3. The maximum Gasteiger partial charge on any atom is 0.220 e. The van der Waals surface area contributed by atoms with Crippen LogP contribution < -0.4 is 5.32 Å². The number of nitrogens with one attached hydrogen (secondary N) is 2. The van der Waals surface area contributed by atoms with Crippen molar-refractivity contribution in [3.8, 4) is 0 Å². The van der Waals surface area contributed by atoms with Crippen molar-refractivity contribution in [1.82, 2.24) is 10.3 Å². The SMILES string of the molecule is O=C(CCc1c[nH]c2ccccc12)NC(CO)CC1CCCCC1. The number of rotatable bonds is 7. The van der Waals surface area contributed by atoms with E-state index in [0.717, 1.165) is 18.4 Å². The van der Waals surface area contributed by atoms with Crippen LogP contribution >= 0.6 is 0 Å².